The smallest absolute Gasteiger partial charge is 0.460 e. The van der Waals surface area contributed by atoms with Crippen molar-refractivity contribution in [3.63, 3.8) is 0 Å². The van der Waals surface area contributed by atoms with Gasteiger partial charge in [0.25, 0.3) is 0 Å². The molecule has 2 N–H and O–H groups in total. The van der Waals surface area contributed by atoms with E-state index in [0.29, 0.717) is 23.1 Å². The molecular formula is C13H27NO7P+. The van der Waals surface area contributed by atoms with Crippen molar-refractivity contribution in [3.8, 4) is 0 Å². The summed E-state index contributed by atoms with van der Waals surface area (Å²) in [6.45, 7) is 5.72. The summed E-state index contributed by atoms with van der Waals surface area (Å²) in [5.74, 6) is -0.456. The molecule has 22 heavy (non-hydrogen) atoms. The quantitative estimate of drug-likeness (QED) is 0.188. The number of quaternary nitrogens is 1. The summed E-state index contributed by atoms with van der Waals surface area (Å²) in [7, 11) is 1.24. The Morgan fingerprint density at radius 2 is 1.82 bits per heavy atom. The standard InChI is InChI=1S/C13H26NO7P/c1-11(2)13(15)20-9-8-19-7-6-12(14(3,4)5)10-21-22(16,17)18/h12H,1,6-10H2,2-5H3,(H-,16,17,18)/p+1. The van der Waals surface area contributed by atoms with Crippen LogP contribution in [0, 0.1) is 0 Å². The fraction of sp³-hybridized carbons (Fsp3) is 0.769. The fourth-order valence-corrected chi connectivity index (χ4v) is 1.88. The van der Waals surface area contributed by atoms with Gasteiger partial charge in [-0.05, 0) is 6.92 Å². The van der Waals surface area contributed by atoms with Crippen LogP contribution in [0.2, 0.25) is 0 Å². The summed E-state index contributed by atoms with van der Waals surface area (Å²) >= 11 is 0. The zero-order chi connectivity index (χ0) is 17.4. The number of ether oxygens (including phenoxy) is 2. The number of carbonyl (C=O) groups is 1. The van der Waals surface area contributed by atoms with Crippen molar-refractivity contribution in [1.29, 1.82) is 0 Å². The molecule has 0 bridgehead atoms. The minimum atomic E-state index is -4.48. The van der Waals surface area contributed by atoms with Gasteiger partial charge >= 0.3 is 13.8 Å². The lowest BCUT2D eigenvalue weighted by Gasteiger charge is -2.33. The minimum Gasteiger partial charge on any atom is -0.460 e. The van der Waals surface area contributed by atoms with E-state index < -0.39 is 13.8 Å². The Hall–Kier alpha value is -0.760. The van der Waals surface area contributed by atoms with Gasteiger partial charge in [0.15, 0.2) is 0 Å². The third-order valence-corrected chi connectivity index (χ3v) is 3.42. The van der Waals surface area contributed by atoms with Crippen molar-refractivity contribution in [2.75, 3.05) is 47.6 Å². The van der Waals surface area contributed by atoms with Gasteiger partial charge in [0.1, 0.15) is 19.3 Å². The molecule has 8 nitrogen and oxygen atoms in total. The van der Waals surface area contributed by atoms with Crippen LogP contribution in [-0.4, -0.2) is 73.9 Å². The molecule has 0 aliphatic carbocycles. The van der Waals surface area contributed by atoms with Gasteiger partial charge in [-0.25, -0.2) is 9.36 Å². The molecule has 0 saturated heterocycles. The summed E-state index contributed by atoms with van der Waals surface area (Å²) in [6.07, 6.45) is 0.554. The van der Waals surface area contributed by atoms with E-state index in [2.05, 4.69) is 11.1 Å². The van der Waals surface area contributed by atoms with Crippen LogP contribution in [0.1, 0.15) is 13.3 Å². The fourth-order valence-electron chi connectivity index (χ4n) is 1.52. The van der Waals surface area contributed by atoms with Crippen LogP contribution in [0.5, 0.6) is 0 Å². The Kier molecular flexibility index (Phi) is 9.07. The van der Waals surface area contributed by atoms with Crippen LogP contribution >= 0.6 is 7.82 Å². The van der Waals surface area contributed by atoms with Crippen molar-refractivity contribution >= 4 is 13.8 Å². The Morgan fingerprint density at radius 1 is 1.23 bits per heavy atom. The molecular weight excluding hydrogens is 313 g/mol. The molecule has 0 saturated carbocycles. The molecule has 0 radical (unpaired) electrons. The van der Waals surface area contributed by atoms with Crippen molar-refractivity contribution in [2.45, 2.75) is 19.4 Å². The van der Waals surface area contributed by atoms with Gasteiger partial charge in [-0.2, -0.15) is 0 Å². The van der Waals surface area contributed by atoms with E-state index in [1.807, 2.05) is 21.1 Å². The van der Waals surface area contributed by atoms with Crippen LogP contribution in [0.25, 0.3) is 0 Å². The van der Waals surface area contributed by atoms with Gasteiger partial charge in [0.2, 0.25) is 0 Å². The van der Waals surface area contributed by atoms with Crippen molar-refractivity contribution in [3.05, 3.63) is 12.2 Å². The number of hydrogen-bond acceptors (Lipinski definition) is 5. The van der Waals surface area contributed by atoms with Gasteiger partial charge in [-0.3, -0.25) is 4.52 Å². The first-order valence-corrected chi connectivity index (χ1v) is 8.38. The molecule has 1 atom stereocenters. The number of phosphoric ester groups is 1. The molecule has 0 aliphatic heterocycles. The summed E-state index contributed by atoms with van der Waals surface area (Å²) in [6, 6.07) is -0.134. The molecule has 0 aromatic carbocycles. The lowest BCUT2D eigenvalue weighted by molar-refractivity contribution is -0.896. The summed E-state index contributed by atoms with van der Waals surface area (Å²) < 4.78 is 26.1. The Morgan fingerprint density at radius 3 is 2.27 bits per heavy atom. The van der Waals surface area contributed by atoms with Crippen LogP contribution in [0.3, 0.4) is 0 Å². The van der Waals surface area contributed by atoms with Gasteiger partial charge in [-0.15, -0.1) is 0 Å². The largest absolute Gasteiger partial charge is 0.469 e. The average Bonchev–Trinajstić information content (AvgIpc) is 2.33. The Balaban J connectivity index is 4.02. The third kappa shape index (κ3) is 10.9. The average molecular weight is 340 g/mol. The Bertz CT molecular complexity index is 413. The summed E-state index contributed by atoms with van der Waals surface area (Å²) in [4.78, 5) is 28.7. The molecule has 0 fully saturated rings. The highest BCUT2D eigenvalue weighted by Crippen LogP contribution is 2.36. The van der Waals surface area contributed by atoms with E-state index >= 15 is 0 Å². The number of nitrogens with zero attached hydrogens (tertiary/aromatic N) is 1. The number of likely N-dealkylation sites (N-methyl/N-ethyl adjacent to an activating group) is 1. The lowest BCUT2D eigenvalue weighted by atomic mass is 10.2. The second-order valence-electron chi connectivity index (χ2n) is 5.87. The van der Waals surface area contributed by atoms with Crippen LogP contribution in [0.4, 0.5) is 0 Å². The Labute approximate surface area is 131 Å². The molecule has 0 heterocycles. The van der Waals surface area contributed by atoms with Crippen LogP contribution in [0.15, 0.2) is 12.2 Å². The number of hydrogen-bond donors (Lipinski definition) is 2. The normalized spacial score (nSPS) is 13.7. The summed E-state index contributed by atoms with van der Waals surface area (Å²) in [5, 5.41) is 0. The molecule has 0 aromatic heterocycles. The maximum Gasteiger partial charge on any atom is 0.469 e. The predicted molar refractivity (Wildman–Crippen MR) is 81.0 cm³/mol. The molecule has 130 valence electrons. The highest BCUT2D eigenvalue weighted by atomic mass is 31.2. The number of phosphoric acid groups is 1. The number of esters is 1. The highest BCUT2D eigenvalue weighted by molar-refractivity contribution is 7.46. The maximum atomic E-state index is 11.1. The number of carbonyl (C=O) groups excluding carboxylic acids is 1. The van der Waals surface area contributed by atoms with Crippen molar-refractivity contribution < 1.29 is 37.6 Å². The molecule has 0 aliphatic rings. The first kappa shape index (κ1) is 21.2. The van der Waals surface area contributed by atoms with Gasteiger partial charge in [-0.1, -0.05) is 6.58 Å². The molecule has 9 heteroatoms. The molecule has 0 aromatic rings. The zero-order valence-corrected chi connectivity index (χ0v) is 14.5. The van der Waals surface area contributed by atoms with E-state index in [1.54, 1.807) is 6.92 Å². The van der Waals surface area contributed by atoms with E-state index in [1.165, 1.54) is 0 Å². The monoisotopic (exact) mass is 340 g/mol. The van der Waals surface area contributed by atoms with Crippen LogP contribution < -0.4 is 0 Å². The lowest BCUT2D eigenvalue weighted by Crippen LogP contribution is -2.48. The predicted octanol–water partition coefficient (Wildman–Crippen LogP) is 0.696. The second-order valence-corrected chi connectivity index (χ2v) is 7.11. The molecule has 1 unspecified atom stereocenters. The number of rotatable bonds is 11. The van der Waals surface area contributed by atoms with Crippen molar-refractivity contribution in [1.82, 2.24) is 0 Å². The van der Waals surface area contributed by atoms with E-state index in [4.69, 9.17) is 19.3 Å². The van der Waals surface area contributed by atoms with Crippen LogP contribution in [-0.2, 0) is 23.4 Å². The van der Waals surface area contributed by atoms with E-state index in [-0.39, 0.29) is 25.9 Å². The molecule has 0 rings (SSSR count). The molecule has 0 amide bonds. The topological polar surface area (TPSA) is 102 Å². The van der Waals surface area contributed by atoms with Crippen molar-refractivity contribution in [2.24, 2.45) is 0 Å². The SMILES string of the molecule is C=C(C)C(=O)OCCOCCC(COP(=O)(O)O)[N+](C)(C)C. The van der Waals surface area contributed by atoms with E-state index in [0.717, 1.165) is 0 Å². The minimum absolute atomic E-state index is 0.0677. The third-order valence-electron chi connectivity index (χ3n) is 2.94. The highest BCUT2D eigenvalue weighted by Gasteiger charge is 2.27. The maximum absolute atomic E-state index is 11.1. The summed E-state index contributed by atoms with van der Waals surface area (Å²) in [5.41, 5.74) is 0.333. The second kappa shape index (κ2) is 9.39. The molecule has 0 spiro atoms. The van der Waals surface area contributed by atoms with Gasteiger partial charge in [0, 0.05) is 12.0 Å². The van der Waals surface area contributed by atoms with E-state index in [9.17, 15) is 9.36 Å². The zero-order valence-electron chi connectivity index (χ0n) is 13.7. The van der Waals surface area contributed by atoms with Gasteiger partial charge < -0.3 is 23.7 Å². The van der Waals surface area contributed by atoms with Gasteiger partial charge in [0.05, 0.1) is 34.4 Å². The first-order chi connectivity index (χ1) is 9.93. The first-order valence-electron chi connectivity index (χ1n) is 6.85.